The molecule has 1 unspecified atom stereocenters. The Morgan fingerprint density at radius 3 is 2.95 bits per heavy atom. The molecular formula is C14H20Cl2N2O2. The van der Waals surface area contributed by atoms with Crippen molar-refractivity contribution in [2.75, 3.05) is 33.4 Å². The molecule has 1 aliphatic heterocycles. The highest BCUT2D eigenvalue weighted by atomic mass is 35.5. The van der Waals surface area contributed by atoms with E-state index < -0.39 is 0 Å². The first-order valence-corrected chi connectivity index (χ1v) is 6.85. The molecule has 0 aromatic heterocycles. The number of nitrogens with zero attached hydrogens (tertiary/aromatic N) is 1. The van der Waals surface area contributed by atoms with Gasteiger partial charge in [-0.2, -0.15) is 0 Å². The predicted molar refractivity (Wildman–Crippen MR) is 82.5 cm³/mol. The zero-order valence-corrected chi connectivity index (χ0v) is 13.0. The summed E-state index contributed by atoms with van der Waals surface area (Å²) in [4.78, 5) is 14.1. The van der Waals surface area contributed by atoms with Gasteiger partial charge in [0.1, 0.15) is 0 Å². The van der Waals surface area contributed by atoms with E-state index in [1.54, 1.807) is 7.11 Å². The number of hydrogen-bond acceptors (Lipinski definition) is 3. The molecule has 6 heteroatoms. The SMILES string of the molecule is COCCC(=O)N1CCNCC1c1ccccc1Cl.Cl. The van der Waals surface area contributed by atoms with Crippen LogP contribution in [0.3, 0.4) is 0 Å². The number of methoxy groups -OCH3 is 1. The molecule has 1 aliphatic rings. The molecular weight excluding hydrogens is 299 g/mol. The molecule has 1 fully saturated rings. The second kappa shape index (κ2) is 8.47. The van der Waals surface area contributed by atoms with E-state index in [1.165, 1.54) is 0 Å². The fraction of sp³-hybridized carbons (Fsp3) is 0.500. The number of nitrogens with one attached hydrogen (secondary N) is 1. The van der Waals surface area contributed by atoms with E-state index in [-0.39, 0.29) is 24.4 Å². The van der Waals surface area contributed by atoms with Crippen LogP contribution in [0.5, 0.6) is 0 Å². The van der Waals surface area contributed by atoms with Crippen molar-refractivity contribution in [3.05, 3.63) is 34.9 Å². The Labute approximate surface area is 130 Å². The van der Waals surface area contributed by atoms with E-state index in [0.717, 1.165) is 18.7 Å². The Hall–Kier alpha value is -0.810. The second-order valence-electron chi connectivity index (χ2n) is 4.57. The summed E-state index contributed by atoms with van der Waals surface area (Å²) in [5, 5.41) is 4.03. The van der Waals surface area contributed by atoms with Crippen LogP contribution >= 0.6 is 24.0 Å². The number of piperazine rings is 1. The molecule has 2 rings (SSSR count). The van der Waals surface area contributed by atoms with E-state index in [2.05, 4.69) is 5.32 Å². The standard InChI is InChI=1S/C14H19ClN2O2.ClH/c1-19-9-6-14(18)17-8-7-16-10-13(17)11-4-2-3-5-12(11)15;/h2-5,13,16H,6-10H2,1H3;1H. The van der Waals surface area contributed by atoms with Gasteiger partial charge < -0.3 is 15.0 Å². The maximum atomic E-state index is 12.2. The van der Waals surface area contributed by atoms with E-state index >= 15 is 0 Å². The van der Waals surface area contributed by atoms with Crippen LogP contribution in [0.4, 0.5) is 0 Å². The molecule has 1 aromatic rings. The Morgan fingerprint density at radius 1 is 1.50 bits per heavy atom. The van der Waals surface area contributed by atoms with Crippen molar-refractivity contribution in [1.82, 2.24) is 10.2 Å². The quantitative estimate of drug-likeness (QED) is 0.926. The summed E-state index contributed by atoms with van der Waals surface area (Å²) in [6.07, 6.45) is 0.414. The lowest BCUT2D eigenvalue weighted by Gasteiger charge is -2.37. The molecule has 20 heavy (non-hydrogen) atoms. The fourth-order valence-corrected chi connectivity index (χ4v) is 2.62. The maximum absolute atomic E-state index is 12.2. The molecule has 1 saturated heterocycles. The van der Waals surface area contributed by atoms with Crippen molar-refractivity contribution >= 4 is 29.9 Å². The van der Waals surface area contributed by atoms with Gasteiger partial charge in [-0.25, -0.2) is 0 Å². The smallest absolute Gasteiger partial charge is 0.225 e. The van der Waals surface area contributed by atoms with E-state index in [9.17, 15) is 4.79 Å². The van der Waals surface area contributed by atoms with Crippen LogP contribution in [0.2, 0.25) is 5.02 Å². The summed E-state index contributed by atoms with van der Waals surface area (Å²) in [5.74, 6) is 0.119. The summed E-state index contributed by atoms with van der Waals surface area (Å²) in [6.45, 7) is 2.72. The number of halogens is 2. The molecule has 1 N–H and O–H groups in total. The first-order chi connectivity index (χ1) is 9.24. The molecule has 0 saturated carbocycles. The third-order valence-electron chi connectivity index (χ3n) is 3.35. The molecule has 1 aromatic carbocycles. The van der Waals surface area contributed by atoms with Crippen LogP contribution in [-0.4, -0.2) is 44.2 Å². The molecule has 0 spiro atoms. The molecule has 0 radical (unpaired) electrons. The topological polar surface area (TPSA) is 41.6 Å². The number of amides is 1. The first-order valence-electron chi connectivity index (χ1n) is 6.47. The highest BCUT2D eigenvalue weighted by Gasteiger charge is 2.28. The summed E-state index contributed by atoms with van der Waals surface area (Å²) in [5.41, 5.74) is 1.00. The van der Waals surface area contributed by atoms with Gasteiger partial charge in [-0.15, -0.1) is 12.4 Å². The summed E-state index contributed by atoms with van der Waals surface area (Å²) in [6, 6.07) is 7.71. The van der Waals surface area contributed by atoms with Crippen molar-refractivity contribution in [3.63, 3.8) is 0 Å². The van der Waals surface area contributed by atoms with Gasteiger partial charge in [0, 0.05) is 31.8 Å². The predicted octanol–water partition coefficient (Wildman–Crippen LogP) is 2.27. The van der Waals surface area contributed by atoms with Crippen molar-refractivity contribution < 1.29 is 9.53 Å². The number of carbonyl (C=O) groups excluding carboxylic acids is 1. The Kier molecular flexibility index (Phi) is 7.30. The second-order valence-corrected chi connectivity index (χ2v) is 4.98. The monoisotopic (exact) mass is 318 g/mol. The normalized spacial score (nSPS) is 18.5. The van der Waals surface area contributed by atoms with Gasteiger partial charge >= 0.3 is 0 Å². The van der Waals surface area contributed by atoms with Gasteiger partial charge in [0.2, 0.25) is 5.91 Å². The van der Waals surface area contributed by atoms with Crippen LogP contribution in [0.15, 0.2) is 24.3 Å². The average molecular weight is 319 g/mol. The molecule has 4 nitrogen and oxygen atoms in total. The van der Waals surface area contributed by atoms with Gasteiger partial charge in [-0.3, -0.25) is 4.79 Å². The zero-order chi connectivity index (χ0) is 13.7. The highest BCUT2D eigenvalue weighted by molar-refractivity contribution is 6.31. The largest absolute Gasteiger partial charge is 0.384 e. The Morgan fingerprint density at radius 2 is 2.25 bits per heavy atom. The van der Waals surface area contributed by atoms with Gasteiger partial charge in [0.05, 0.1) is 19.1 Å². The number of rotatable bonds is 4. The molecule has 0 bridgehead atoms. The van der Waals surface area contributed by atoms with Crippen LogP contribution in [-0.2, 0) is 9.53 Å². The van der Waals surface area contributed by atoms with E-state index in [4.69, 9.17) is 16.3 Å². The highest BCUT2D eigenvalue weighted by Crippen LogP contribution is 2.28. The molecule has 1 atom stereocenters. The fourth-order valence-electron chi connectivity index (χ4n) is 2.36. The third-order valence-corrected chi connectivity index (χ3v) is 3.69. The van der Waals surface area contributed by atoms with E-state index in [0.29, 0.717) is 24.6 Å². The summed E-state index contributed by atoms with van der Waals surface area (Å²) in [7, 11) is 1.61. The van der Waals surface area contributed by atoms with Crippen molar-refractivity contribution in [2.45, 2.75) is 12.5 Å². The van der Waals surface area contributed by atoms with Crippen LogP contribution in [0.25, 0.3) is 0 Å². The molecule has 112 valence electrons. The lowest BCUT2D eigenvalue weighted by atomic mass is 10.0. The van der Waals surface area contributed by atoms with Crippen molar-refractivity contribution in [1.29, 1.82) is 0 Å². The zero-order valence-electron chi connectivity index (χ0n) is 11.5. The van der Waals surface area contributed by atoms with Crippen LogP contribution < -0.4 is 5.32 Å². The number of carbonyl (C=O) groups is 1. The third kappa shape index (κ3) is 4.09. The first kappa shape index (κ1) is 17.2. The minimum atomic E-state index is 0. The maximum Gasteiger partial charge on any atom is 0.225 e. The molecule has 1 amide bonds. The minimum absolute atomic E-state index is 0. The Balaban J connectivity index is 0.00000200. The van der Waals surface area contributed by atoms with Gasteiger partial charge in [-0.05, 0) is 11.6 Å². The Bertz CT molecular complexity index is 443. The lowest BCUT2D eigenvalue weighted by molar-refractivity contribution is -0.135. The van der Waals surface area contributed by atoms with Crippen LogP contribution in [0.1, 0.15) is 18.0 Å². The lowest BCUT2D eigenvalue weighted by Crippen LogP contribution is -2.49. The summed E-state index contributed by atoms with van der Waals surface area (Å²) < 4.78 is 4.98. The van der Waals surface area contributed by atoms with Gasteiger partial charge in [0.25, 0.3) is 0 Å². The van der Waals surface area contributed by atoms with Gasteiger partial charge in [0.15, 0.2) is 0 Å². The van der Waals surface area contributed by atoms with Crippen LogP contribution in [0, 0.1) is 0 Å². The average Bonchev–Trinajstić information content (AvgIpc) is 2.45. The number of ether oxygens (including phenoxy) is 1. The van der Waals surface area contributed by atoms with Gasteiger partial charge in [-0.1, -0.05) is 29.8 Å². The van der Waals surface area contributed by atoms with E-state index in [1.807, 2.05) is 29.2 Å². The summed E-state index contributed by atoms with van der Waals surface area (Å²) >= 11 is 6.24. The molecule has 0 aliphatic carbocycles. The minimum Gasteiger partial charge on any atom is -0.384 e. The van der Waals surface area contributed by atoms with Crippen molar-refractivity contribution in [3.8, 4) is 0 Å². The van der Waals surface area contributed by atoms with Crippen molar-refractivity contribution in [2.24, 2.45) is 0 Å². The number of benzene rings is 1. The molecule has 1 heterocycles. The number of hydrogen-bond donors (Lipinski definition) is 1.